The van der Waals surface area contributed by atoms with Crippen LogP contribution >= 0.6 is 39.1 Å². The van der Waals surface area contributed by atoms with Gasteiger partial charge in [0.05, 0.1) is 22.3 Å². The molecule has 0 fully saturated rings. The molecule has 1 atom stereocenters. The molecule has 1 N–H and O–H groups in total. The van der Waals surface area contributed by atoms with Crippen LogP contribution in [0.2, 0.25) is 10.0 Å². The minimum Gasteiger partial charge on any atom is -0.383 e. The molecular weight excluding hydrogens is 301 g/mol. The first-order valence-corrected chi connectivity index (χ1v) is 5.99. The van der Waals surface area contributed by atoms with E-state index in [1.165, 1.54) is 0 Å². The van der Waals surface area contributed by atoms with Gasteiger partial charge in [-0.25, -0.2) is 0 Å². The van der Waals surface area contributed by atoms with Crippen LogP contribution in [0.15, 0.2) is 16.6 Å². The summed E-state index contributed by atoms with van der Waals surface area (Å²) in [7, 11) is 1.66. The number of anilines is 1. The Labute approximate surface area is 108 Å². The van der Waals surface area contributed by atoms with Crippen LogP contribution in [-0.2, 0) is 4.74 Å². The van der Waals surface area contributed by atoms with Crippen molar-refractivity contribution >= 4 is 44.8 Å². The summed E-state index contributed by atoms with van der Waals surface area (Å²) in [5, 5.41) is 4.39. The Kier molecular flexibility index (Phi) is 5.19. The Bertz CT molecular complexity index is 323. The Balaban J connectivity index is 2.85. The molecule has 0 amide bonds. The normalized spacial score (nSPS) is 12.6. The van der Waals surface area contributed by atoms with Crippen LogP contribution in [0.25, 0.3) is 0 Å². The van der Waals surface area contributed by atoms with Crippen LogP contribution in [0, 0.1) is 0 Å². The van der Waals surface area contributed by atoms with E-state index in [2.05, 4.69) is 21.2 Å². The second kappa shape index (κ2) is 5.94. The summed E-state index contributed by atoms with van der Waals surface area (Å²) < 4.78 is 5.88. The molecule has 1 aromatic carbocycles. The van der Waals surface area contributed by atoms with Crippen LogP contribution in [0.5, 0.6) is 0 Å². The Morgan fingerprint density at radius 2 is 1.93 bits per heavy atom. The van der Waals surface area contributed by atoms with Crippen molar-refractivity contribution in [1.29, 1.82) is 0 Å². The fourth-order valence-corrected chi connectivity index (χ4v) is 2.54. The van der Waals surface area contributed by atoms with E-state index in [-0.39, 0.29) is 6.04 Å². The lowest BCUT2D eigenvalue weighted by Crippen LogP contribution is -2.21. The molecule has 15 heavy (non-hydrogen) atoms. The summed E-state index contributed by atoms with van der Waals surface area (Å²) in [4.78, 5) is 0. The van der Waals surface area contributed by atoms with Crippen LogP contribution in [0.3, 0.4) is 0 Å². The minimum absolute atomic E-state index is 0.158. The maximum atomic E-state index is 6.06. The van der Waals surface area contributed by atoms with Crippen molar-refractivity contribution < 1.29 is 4.74 Å². The molecule has 0 aromatic heterocycles. The highest BCUT2D eigenvalue weighted by atomic mass is 79.9. The van der Waals surface area contributed by atoms with Gasteiger partial charge in [0.2, 0.25) is 0 Å². The van der Waals surface area contributed by atoms with Crippen molar-refractivity contribution in [3.05, 3.63) is 26.7 Å². The number of rotatable bonds is 4. The van der Waals surface area contributed by atoms with E-state index < -0.39 is 0 Å². The summed E-state index contributed by atoms with van der Waals surface area (Å²) in [5.74, 6) is 0. The van der Waals surface area contributed by atoms with Gasteiger partial charge in [0.25, 0.3) is 0 Å². The van der Waals surface area contributed by atoms with E-state index in [1.54, 1.807) is 19.2 Å². The Morgan fingerprint density at radius 1 is 1.40 bits per heavy atom. The van der Waals surface area contributed by atoms with Crippen LogP contribution < -0.4 is 5.32 Å². The highest BCUT2D eigenvalue weighted by Gasteiger charge is 2.10. The van der Waals surface area contributed by atoms with Crippen molar-refractivity contribution in [1.82, 2.24) is 0 Å². The zero-order chi connectivity index (χ0) is 11.4. The molecule has 1 aromatic rings. The first-order valence-electron chi connectivity index (χ1n) is 4.44. The fourth-order valence-electron chi connectivity index (χ4n) is 1.22. The summed E-state index contributed by atoms with van der Waals surface area (Å²) in [6.07, 6.45) is 0. The molecule has 2 nitrogen and oxygen atoms in total. The zero-order valence-electron chi connectivity index (χ0n) is 8.48. The average molecular weight is 313 g/mol. The van der Waals surface area contributed by atoms with Gasteiger partial charge in [0.1, 0.15) is 0 Å². The van der Waals surface area contributed by atoms with Gasteiger partial charge in [0, 0.05) is 17.6 Å². The lowest BCUT2D eigenvalue weighted by Gasteiger charge is -2.16. The average Bonchev–Trinajstić information content (AvgIpc) is 2.11. The van der Waals surface area contributed by atoms with Gasteiger partial charge < -0.3 is 10.1 Å². The third-order valence-corrected chi connectivity index (χ3v) is 2.87. The second-order valence-corrected chi connectivity index (χ2v) is 4.98. The summed E-state index contributed by atoms with van der Waals surface area (Å²) in [6, 6.07) is 3.76. The topological polar surface area (TPSA) is 21.3 Å². The molecule has 5 heteroatoms. The number of hydrogen-bond acceptors (Lipinski definition) is 2. The van der Waals surface area contributed by atoms with Gasteiger partial charge in [-0.05, 0) is 19.1 Å². The van der Waals surface area contributed by atoms with Crippen molar-refractivity contribution in [2.45, 2.75) is 13.0 Å². The first-order chi connectivity index (χ1) is 7.04. The number of nitrogens with one attached hydrogen (secondary N) is 1. The molecule has 0 aliphatic heterocycles. The molecule has 0 spiro atoms. The number of methoxy groups -OCH3 is 1. The summed E-state index contributed by atoms with van der Waals surface area (Å²) in [6.45, 7) is 2.60. The largest absolute Gasteiger partial charge is 0.383 e. The van der Waals surface area contributed by atoms with E-state index in [0.717, 1.165) is 10.2 Å². The number of benzene rings is 1. The van der Waals surface area contributed by atoms with Gasteiger partial charge in [0.15, 0.2) is 0 Å². The zero-order valence-corrected chi connectivity index (χ0v) is 11.6. The highest BCUT2D eigenvalue weighted by Crippen LogP contribution is 2.34. The predicted molar refractivity (Wildman–Crippen MR) is 69.1 cm³/mol. The highest BCUT2D eigenvalue weighted by molar-refractivity contribution is 9.10. The molecule has 0 radical (unpaired) electrons. The minimum atomic E-state index is 0.158. The standard InChI is InChI=1S/C10H12BrCl2NO/c1-6(5-15-2)14-10-8(12)3-7(11)4-9(10)13/h3-4,6,14H,5H2,1-2H3. The maximum Gasteiger partial charge on any atom is 0.0722 e. The molecular formula is C10H12BrCl2NO. The van der Waals surface area contributed by atoms with Crippen molar-refractivity contribution in [2.75, 3.05) is 19.0 Å². The third-order valence-electron chi connectivity index (χ3n) is 1.81. The second-order valence-electron chi connectivity index (χ2n) is 3.25. The van der Waals surface area contributed by atoms with Crippen LogP contribution in [-0.4, -0.2) is 19.8 Å². The molecule has 0 aliphatic rings. The lowest BCUT2D eigenvalue weighted by atomic mass is 10.2. The molecule has 0 saturated carbocycles. The lowest BCUT2D eigenvalue weighted by molar-refractivity contribution is 0.190. The van der Waals surface area contributed by atoms with E-state index in [0.29, 0.717) is 16.7 Å². The van der Waals surface area contributed by atoms with Crippen LogP contribution in [0.1, 0.15) is 6.92 Å². The van der Waals surface area contributed by atoms with Gasteiger partial charge in [-0.2, -0.15) is 0 Å². The van der Waals surface area contributed by atoms with E-state index >= 15 is 0 Å². The monoisotopic (exact) mass is 311 g/mol. The Morgan fingerprint density at radius 3 is 2.40 bits per heavy atom. The van der Waals surface area contributed by atoms with Gasteiger partial charge >= 0.3 is 0 Å². The number of halogens is 3. The van der Waals surface area contributed by atoms with E-state index in [4.69, 9.17) is 27.9 Å². The smallest absolute Gasteiger partial charge is 0.0722 e. The van der Waals surface area contributed by atoms with E-state index in [1.807, 2.05) is 6.92 Å². The van der Waals surface area contributed by atoms with Crippen LogP contribution in [0.4, 0.5) is 5.69 Å². The molecule has 0 saturated heterocycles. The van der Waals surface area contributed by atoms with Gasteiger partial charge in [-0.3, -0.25) is 0 Å². The quantitative estimate of drug-likeness (QED) is 0.899. The maximum absolute atomic E-state index is 6.06. The summed E-state index contributed by atoms with van der Waals surface area (Å²) in [5.41, 5.74) is 0.742. The van der Waals surface area contributed by atoms with Gasteiger partial charge in [-0.15, -0.1) is 0 Å². The SMILES string of the molecule is COCC(C)Nc1c(Cl)cc(Br)cc1Cl. The summed E-state index contributed by atoms with van der Waals surface area (Å²) >= 11 is 15.4. The molecule has 1 unspecified atom stereocenters. The molecule has 0 aliphatic carbocycles. The van der Waals surface area contributed by atoms with Crippen molar-refractivity contribution in [3.8, 4) is 0 Å². The molecule has 1 rings (SSSR count). The predicted octanol–water partition coefficient (Wildman–Crippen LogP) is 4.20. The molecule has 0 bridgehead atoms. The van der Waals surface area contributed by atoms with Gasteiger partial charge in [-0.1, -0.05) is 39.1 Å². The van der Waals surface area contributed by atoms with E-state index in [9.17, 15) is 0 Å². The Hall–Kier alpha value is 0.0400. The fraction of sp³-hybridized carbons (Fsp3) is 0.400. The number of ether oxygens (including phenoxy) is 1. The third kappa shape index (κ3) is 3.83. The molecule has 0 heterocycles. The number of hydrogen-bond donors (Lipinski definition) is 1. The van der Waals surface area contributed by atoms with Crippen molar-refractivity contribution in [3.63, 3.8) is 0 Å². The van der Waals surface area contributed by atoms with Crippen molar-refractivity contribution in [2.24, 2.45) is 0 Å². The molecule has 84 valence electrons. The first kappa shape index (κ1) is 13.1.